The van der Waals surface area contributed by atoms with Crippen LogP contribution in [0.25, 0.3) is 10.9 Å². The molecule has 1 saturated heterocycles. The van der Waals surface area contributed by atoms with Gasteiger partial charge in [0.25, 0.3) is 0 Å². The summed E-state index contributed by atoms with van der Waals surface area (Å²) in [5.74, 6) is 0.439. The lowest BCUT2D eigenvalue weighted by Crippen LogP contribution is -2.52. The van der Waals surface area contributed by atoms with Crippen LogP contribution in [0.5, 0.6) is 0 Å². The Morgan fingerprint density at radius 2 is 2.15 bits per heavy atom. The van der Waals surface area contributed by atoms with Gasteiger partial charge in [-0.25, -0.2) is 0 Å². The van der Waals surface area contributed by atoms with E-state index in [9.17, 15) is 9.90 Å². The number of aryl methyl sites for hydroxylation is 1. The number of carbonyl (C=O) groups excluding carboxylic acids is 1. The number of benzene rings is 1. The number of fused-ring (bicyclic) bond motifs is 2. The molecule has 0 saturated carbocycles. The molecule has 1 amide bonds. The van der Waals surface area contributed by atoms with E-state index in [0.717, 1.165) is 25.8 Å². The van der Waals surface area contributed by atoms with Crippen LogP contribution in [-0.4, -0.2) is 52.8 Å². The van der Waals surface area contributed by atoms with Crippen molar-refractivity contribution in [1.29, 1.82) is 0 Å². The molecule has 0 spiro atoms. The van der Waals surface area contributed by atoms with Crippen LogP contribution in [0, 0.1) is 12.8 Å². The monoisotopic (exact) mass is 369 g/mol. The number of aliphatic hydroxyl groups is 1. The van der Waals surface area contributed by atoms with Gasteiger partial charge in [-0.2, -0.15) is 0 Å². The molecule has 2 aromatic rings. The van der Waals surface area contributed by atoms with E-state index in [2.05, 4.69) is 54.0 Å². The maximum Gasteiger partial charge on any atom is 0.224 e. The summed E-state index contributed by atoms with van der Waals surface area (Å²) in [6, 6.07) is 6.94. The molecule has 2 aliphatic rings. The molecule has 1 unspecified atom stereocenters. The molecule has 0 bridgehead atoms. The normalized spacial score (nSPS) is 26.0. The highest BCUT2D eigenvalue weighted by atomic mass is 16.3. The van der Waals surface area contributed by atoms with E-state index in [1.54, 1.807) is 0 Å². The van der Waals surface area contributed by atoms with E-state index in [-0.39, 0.29) is 24.5 Å². The third-order valence-electron chi connectivity index (χ3n) is 7.00. The minimum atomic E-state index is -0.140. The number of hydrogen-bond acceptors (Lipinski definition) is 3. The molecule has 0 radical (unpaired) electrons. The van der Waals surface area contributed by atoms with Crippen LogP contribution >= 0.6 is 0 Å². The van der Waals surface area contributed by atoms with Crippen LogP contribution < -0.4 is 5.32 Å². The molecule has 27 heavy (non-hydrogen) atoms. The van der Waals surface area contributed by atoms with Crippen LogP contribution in [-0.2, 0) is 18.3 Å². The highest BCUT2D eigenvalue weighted by Gasteiger charge is 2.42. The fourth-order valence-corrected chi connectivity index (χ4v) is 5.24. The molecular formula is C22H31N3O2. The van der Waals surface area contributed by atoms with E-state index in [1.807, 2.05) is 6.92 Å². The van der Waals surface area contributed by atoms with E-state index in [4.69, 9.17) is 0 Å². The third-order valence-corrected chi connectivity index (χ3v) is 7.00. The van der Waals surface area contributed by atoms with Gasteiger partial charge in [-0.1, -0.05) is 19.1 Å². The minimum absolute atomic E-state index is 0.00279. The number of hydrogen-bond donors (Lipinski definition) is 2. The van der Waals surface area contributed by atoms with Crippen molar-refractivity contribution in [1.82, 2.24) is 14.8 Å². The molecule has 5 heteroatoms. The third kappa shape index (κ3) is 2.88. The molecule has 2 N–H and O–H groups in total. The molecule has 4 atom stereocenters. The highest BCUT2D eigenvalue weighted by Crippen LogP contribution is 2.45. The number of piperidine rings is 1. The summed E-state index contributed by atoms with van der Waals surface area (Å²) in [5, 5.41) is 13.9. The Labute approximate surface area is 161 Å². The summed E-state index contributed by atoms with van der Waals surface area (Å²) < 4.78 is 2.31. The molecule has 146 valence electrons. The predicted molar refractivity (Wildman–Crippen MR) is 108 cm³/mol. The Bertz CT molecular complexity index is 868. The lowest BCUT2D eigenvalue weighted by Gasteiger charge is -2.45. The van der Waals surface area contributed by atoms with Gasteiger partial charge in [-0.3, -0.25) is 4.79 Å². The van der Waals surface area contributed by atoms with Crippen LogP contribution in [0.3, 0.4) is 0 Å². The second kappa shape index (κ2) is 6.95. The first kappa shape index (κ1) is 18.5. The Hall–Kier alpha value is -1.85. The number of likely N-dealkylation sites (N-methyl/N-ethyl adjacent to an activating group) is 1. The smallest absolute Gasteiger partial charge is 0.224 e. The van der Waals surface area contributed by atoms with Crippen molar-refractivity contribution in [3.05, 3.63) is 35.0 Å². The van der Waals surface area contributed by atoms with Crippen molar-refractivity contribution >= 4 is 16.8 Å². The molecule has 1 aromatic carbocycles. The zero-order valence-electron chi connectivity index (χ0n) is 16.8. The molecule has 4 rings (SSSR count). The van der Waals surface area contributed by atoms with Gasteiger partial charge in [-0.05, 0) is 50.4 Å². The number of aromatic nitrogens is 1. The number of aliphatic hydroxyl groups excluding tert-OH is 1. The highest BCUT2D eigenvalue weighted by molar-refractivity contribution is 5.90. The second-order valence-corrected chi connectivity index (χ2v) is 8.41. The Morgan fingerprint density at radius 1 is 1.37 bits per heavy atom. The summed E-state index contributed by atoms with van der Waals surface area (Å²) in [5.41, 5.74) is 5.54. The van der Waals surface area contributed by atoms with Gasteiger partial charge in [0.05, 0.1) is 18.6 Å². The summed E-state index contributed by atoms with van der Waals surface area (Å²) >= 11 is 0. The van der Waals surface area contributed by atoms with Gasteiger partial charge in [0.15, 0.2) is 0 Å². The van der Waals surface area contributed by atoms with E-state index in [1.165, 1.54) is 27.7 Å². The van der Waals surface area contributed by atoms with E-state index in [0.29, 0.717) is 12.0 Å². The zero-order chi connectivity index (χ0) is 19.3. The number of amides is 1. The first-order valence-electron chi connectivity index (χ1n) is 10.1. The number of nitrogens with one attached hydrogen (secondary N) is 1. The second-order valence-electron chi connectivity index (χ2n) is 8.41. The molecule has 1 aliphatic carbocycles. The molecule has 5 nitrogen and oxygen atoms in total. The fraction of sp³-hybridized carbons (Fsp3) is 0.591. The van der Waals surface area contributed by atoms with Gasteiger partial charge in [0, 0.05) is 42.1 Å². The van der Waals surface area contributed by atoms with Crippen molar-refractivity contribution in [2.24, 2.45) is 13.0 Å². The van der Waals surface area contributed by atoms with Gasteiger partial charge in [-0.15, -0.1) is 0 Å². The minimum Gasteiger partial charge on any atom is -0.394 e. The van der Waals surface area contributed by atoms with Crippen molar-refractivity contribution < 1.29 is 9.90 Å². The summed E-state index contributed by atoms with van der Waals surface area (Å²) in [6.45, 7) is 5.00. The summed E-state index contributed by atoms with van der Waals surface area (Å²) in [7, 11) is 4.31. The number of rotatable bonds is 4. The number of likely N-dealkylation sites (tertiary alicyclic amines) is 1. The molecule has 1 aliphatic heterocycles. The van der Waals surface area contributed by atoms with Crippen LogP contribution in [0.2, 0.25) is 0 Å². The van der Waals surface area contributed by atoms with Crippen LogP contribution in [0.15, 0.2) is 18.2 Å². The van der Waals surface area contributed by atoms with Crippen LogP contribution in [0.1, 0.15) is 42.5 Å². The van der Waals surface area contributed by atoms with Gasteiger partial charge >= 0.3 is 0 Å². The fourth-order valence-electron chi connectivity index (χ4n) is 5.24. The first-order chi connectivity index (χ1) is 13.0. The SMILES string of the molecule is CC[C@@H](CO)NC(=O)[C@@H]1CC2c3cccc4c3c(c(C)n4C)C[C@H]2N(C)C1. The van der Waals surface area contributed by atoms with Gasteiger partial charge < -0.3 is 19.9 Å². The van der Waals surface area contributed by atoms with E-state index >= 15 is 0 Å². The number of carbonyl (C=O) groups is 1. The largest absolute Gasteiger partial charge is 0.394 e. The quantitative estimate of drug-likeness (QED) is 0.870. The predicted octanol–water partition coefficient (Wildman–Crippen LogP) is 2.33. The lowest BCUT2D eigenvalue weighted by molar-refractivity contribution is -0.128. The Kier molecular flexibility index (Phi) is 4.77. The summed E-state index contributed by atoms with van der Waals surface area (Å²) in [4.78, 5) is 15.2. The first-order valence-corrected chi connectivity index (χ1v) is 10.1. The molecule has 1 fully saturated rings. The van der Waals surface area contributed by atoms with Crippen LogP contribution in [0.4, 0.5) is 0 Å². The topological polar surface area (TPSA) is 57.5 Å². The van der Waals surface area contributed by atoms with Gasteiger partial charge in [0.2, 0.25) is 5.91 Å². The van der Waals surface area contributed by atoms with Crippen molar-refractivity contribution in [2.45, 2.75) is 51.1 Å². The van der Waals surface area contributed by atoms with E-state index < -0.39 is 0 Å². The Morgan fingerprint density at radius 3 is 2.85 bits per heavy atom. The average Bonchev–Trinajstić information content (AvgIpc) is 2.92. The molecule has 2 heterocycles. The van der Waals surface area contributed by atoms with Crippen molar-refractivity contribution in [3.8, 4) is 0 Å². The van der Waals surface area contributed by atoms with Crippen molar-refractivity contribution in [2.75, 3.05) is 20.2 Å². The van der Waals surface area contributed by atoms with Gasteiger partial charge in [0.1, 0.15) is 0 Å². The molecular weight excluding hydrogens is 338 g/mol. The van der Waals surface area contributed by atoms with Crippen molar-refractivity contribution in [3.63, 3.8) is 0 Å². The summed E-state index contributed by atoms with van der Waals surface area (Å²) in [6.07, 6.45) is 2.70. The maximum atomic E-state index is 12.8. The molecule has 1 aromatic heterocycles. The average molecular weight is 370 g/mol. The standard InChI is InChI=1S/C22H31N3O2/c1-5-15(12-26)23-22(27)14-9-18-16-7-6-8-19-21(16)17(13(2)25(19)4)10-20(18)24(3)11-14/h6-8,14-15,18,20,26H,5,9-12H2,1-4H3,(H,23,27)/t14-,15+,18?,20-/m1/s1. The maximum absolute atomic E-state index is 12.8. The zero-order valence-corrected chi connectivity index (χ0v) is 16.8. The Balaban J connectivity index is 1.68. The number of nitrogens with zero attached hydrogens (tertiary/aromatic N) is 2. The lowest BCUT2D eigenvalue weighted by atomic mass is 9.72.